The van der Waals surface area contributed by atoms with E-state index in [4.69, 9.17) is 0 Å². The van der Waals surface area contributed by atoms with Gasteiger partial charge in [-0.3, -0.25) is 4.90 Å². The number of halogens is 1. The molecular weight excluding hydrogens is 383 g/mol. The van der Waals surface area contributed by atoms with Gasteiger partial charge in [-0.25, -0.2) is 0 Å². The van der Waals surface area contributed by atoms with Gasteiger partial charge < -0.3 is 28.5 Å². The number of piperazine rings is 1. The van der Waals surface area contributed by atoms with Gasteiger partial charge in [0, 0.05) is 18.6 Å². The SMILES string of the molecule is CC1CCC(c2ccccc2)(N2CC[N+](C)(C)CC2)CC1.[I-]. The van der Waals surface area contributed by atoms with Gasteiger partial charge in [-0.2, -0.15) is 0 Å². The van der Waals surface area contributed by atoms with Crippen molar-refractivity contribution in [2.45, 2.75) is 38.1 Å². The molecule has 0 radical (unpaired) electrons. The monoisotopic (exact) mass is 414 g/mol. The van der Waals surface area contributed by atoms with Gasteiger partial charge in [0.05, 0.1) is 27.2 Å². The third-order valence-electron chi connectivity index (χ3n) is 5.97. The lowest BCUT2D eigenvalue weighted by atomic mass is 9.72. The number of nitrogens with zero attached hydrogens (tertiary/aromatic N) is 2. The molecule has 0 bridgehead atoms. The van der Waals surface area contributed by atoms with Gasteiger partial charge in [-0.1, -0.05) is 37.3 Å². The smallest absolute Gasteiger partial charge is 0.0912 e. The Balaban J connectivity index is 0.00000176. The Bertz CT molecular complexity index is 454. The second-order valence-electron chi connectivity index (χ2n) is 7.95. The predicted octanol–water partition coefficient (Wildman–Crippen LogP) is 0.488. The number of rotatable bonds is 2. The van der Waals surface area contributed by atoms with E-state index in [0.717, 1.165) is 5.92 Å². The average Bonchev–Trinajstić information content (AvgIpc) is 2.49. The highest BCUT2D eigenvalue weighted by molar-refractivity contribution is 5.25. The largest absolute Gasteiger partial charge is 1.00 e. The van der Waals surface area contributed by atoms with Crippen LogP contribution >= 0.6 is 0 Å². The first-order valence-electron chi connectivity index (χ1n) is 8.64. The minimum absolute atomic E-state index is 0. The summed E-state index contributed by atoms with van der Waals surface area (Å²) in [6.45, 7) is 7.48. The van der Waals surface area contributed by atoms with E-state index in [1.807, 2.05) is 0 Å². The lowest BCUT2D eigenvalue weighted by molar-refractivity contribution is -0.895. The quantitative estimate of drug-likeness (QED) is 0.503. The maximum absolute atomic E-state index is 2.82. The summed E-state index contributed by atoms with van der Waals surface area (Å²) in [5.74, 6) is 0.902. The first kappa shape index (κ1) is 18.2. The Morgan fingerprint density at radius 2 is 1.55 bits per heavy atom. The molecule has 1 saturated heterocycles. The number of likely N-dealkylation sites (N-methyl/N-ethyl adjacent to an activating group) is 1. The molecule has 3 rings (SSSR count). The van der Waals surface area contributed by atoms with Gasteiger partial charge in [0.15, 0.2) is 0 Å². The average molecular weight is 414 g/mol. The van der Waals surface area contributed by atoms with Crippen LogP contribution in [0.5, 0.6) is 0 Å². The summed E-state index contributed by atoms with van der Waals surface area (Å²) in [7, 11) is 4.74. The molecule has 124 valence electrons. The summed E-state index contributed by atoms with van der Waals surface area (Å²) < 4.78 is 1.18. The molecule has 0 unspecified atom stereocenters. The molecule has 1 heterocycles. The van der Waals surface area contributed by atoms with E-state index in [1.54, 1.807) is 5.56 Å². The highest BCUT2D eigenvalue weighted by Gasteiger charge is 2.43. The minimum atomic E-state index is 0. The van der Waals surface area contributed by atoms with E-state index in [9.17, 15) is 0 Å². The van der Waals surface area contributed by atoms with Crippen LogP contribution in [0.2, 0.25) is 0 Å². The van der Waals surface area contributed by atoms with Crippen molar-refractivity contribution >= 4 is 0 Å². The molecule has 0 atom stereocenters. The molecule has 1 aliphatic carbocycles. The van der Waals surface area contributed by atoms with Crippen LogP contribution in [0, 0.1) is 5.92 Å². The topological polar surface area (TPSA) is 3.24 Å². The molecule has 0 spiro atoms. The van der Waals surface area contributed by atoms with E-state index >= 15 is 0 Å². The normalized spacial score (nSPS) is 32.2. The van der Waals surface area contributed by atoms with Crippen molar-refractivity contribution in [3.63, 3.8) is 0 Å². The molecule has 22 heavy (non-hydrogen) atoms. The van der Waals surface area contributed by atoms with Crippen molar-refractivity contribution in [3.05, 3.63) is 35.9 Å². The lowest BCUT2D eigenvalue weighted by Gasteiger charge is -2.52. The maximum atomic E-state index is 2.82. The summed E-state index contributed by atoms with van der Waals surface area (Å²) in [6.07, 6.45) is 5.44. The summed E-state index contributed by atoms with van der Waals surface area (Å²) in [5, 5.41) is 0. The van der Waals surface area contributed by atoms with Crippen LogP contribution < -0.4 is 24.0 Å². The fourth-order valence-electron chi connectivity index (χ4n) is 4.21. The van der Waals surface area contributed by atoms with E-state index in [-0.39, 0.29) is 24.0 Å². The highest BCUT2D eigenvalue weighted by Crippen LogP contribution is 2.44. The van der Waals surface area contributed by atoms with Crippen molar-refractivity contribution in [1.29, 1.82) is 0 Å². The summed E-state index contributed by atoms with van der Waals surface area (Å²) >= 11 is 0. The van der Waals surface area contributed by atoms with Crippen molar-refractivity contribution in [2.24, 2.45) is 5.92 Å². The van der Waals surface area contributed by atoms with Crippen LogP contribution in [-0.2, 0) is 5.54 Å². The third-order valence-corrected chi connectivity index (χ3v) is 5.97. The van der Waals surface area contributed by atoms with E-state index in [2.05, 4.69) is 56.3 Å². The van der Waals surface area contributed by atoms with Gasteiger partial charge >= 0.3 is 0 Å². The summed E-state index contributed by atoms with van der Waals surface area (Å²) in [5.41, 5.74) is 1.87. The van der Waals surface area contributed by atoms with Gasteiger partial charge in [-0.05, 0) is 37.2 Å². The van der Waals surface area contributed by atoms with Crippen LogP contribution in [0.4, 0.5) is 0 Å². The van der Waals surface area contributed by atoms with Crippen LogP contribution in [0.3, 0.4) is 0 Å². The molecular formula is C19H31IN2. The Kier molecular flexibility index (Phi) is 5.95. The molecule has 1 aliphatic heterocycles. The fourth-order valence-corrected chi connectivity index (χ4v) is 4.21. The first-order valence-corrected chi connectivity index (χ1v) is 8.64. The predicted molar refractivity (Wildman–Crippen MR) is 89.2 cm³/mol. The van der Waals surface area contributed by atoms with E-state index < -0.39 is 0 Å². The molecule has 0 aromatic heterocycles. The van der Waals surface area contributed by atoms with Crippen molar-refractivity contribution in [1.82, 2.24) is 4.90 Å². The summed E-state index contributed by atoms with van der Waals surface area (Å²) in [6, 6.07) is 11.3. The van der Waals surface area contributed by atoms with Crippen molar-refractivity contribution < 1.29 is 28.5 Å². The molecule has 2 aliphatic rings. The molecule has 1 saturated carbocycles. The lowest BCUT2D eigenvalue weighted by Crippen LogP contribution is -3.00. The third kappa shape index (κ3) is 3.68. The second-order valence-corrected chi connectivity index (χ2v) is 7.95. The number of quaternary nitrogens is 1. The molecule has 3 heteroatoms. The Morgan fingerprint density at radius 3 is 2.09 bits per heavy atom. The van der Waals surface area contributed by atoms with E-state index in [0.29, 0.717) is 5.54 Å². The van der Waals surface area contributed by atoms with Gasteiger partial charge in [0.1, 0.15) is 0 Å². The van der Waals surface area contributed by atoms with Crippen molar-refractivity contribution in [3.8, 4) is 0 Å². The maximum Gasteiger partial charge on any atom is 0.0912 e. The van der Waals surface area contributed by atoms with Crippen LogP contribution in [0.1, 0.15) is 38.2 Å². The zero-order valence-electron chi connectivity index (χ0n) is 14.4. The van der Waals surface area contributed by atoms with Gasteiger partial charge in [0.25, 0.3) is 0 Å². The summed E-state index contributed by atoms with van der Waals surface area (Å²) in [4.78, 5) is 2.82. The second kappa shape index (κ2) is 7.18. The van der Waals surface area contributed by atoms with Gasteiger partial charge in [0.2, 0.25) is 0 Å². The van der Waals surface area contributed by atoms with Crippen LogP contribution in [-0.4, -0.2) is 49.7 Å². The Labute approximate surface area is 153 Å². The van der Waals surface area contributed by atoms with Gasteiger partial charge in [-0.15, -0.1) is 0 Å². The molecule has 0 amide bonds. The molecule has 2 fully saturated rings. The first-order chi connectivity index (χ1) is 10.0. The zero-order valence-corrected chi connectivity index (χ0v) is 16.6. The van der Waals surface area contributed by atoms with Crippen LogP contribution in [0.25, 0.3) is 0 Å². The number of benzene rings is 1. The molecule has 0 N–H and O–H groups in total. The Hall–Kier alpha value is -0.130. The molecule has 1 aromatic rings. The standard InChI is InChI=1S/C19H31N2.HI/c1-17-9-11-19(12-10-17,18-7-5-4-6-8-18)20-13-15-21(2,3)16-14-20;/h4-8,17H,9-16H2,1-3H3;1H/q+1;/p-1. The van der Waals surface area contributed by atoms with Crippen molar-refractivity contribution in [2.75, 3.05) is 40.3 Å². The van der Waals surface area contributed by atoms with E-state index in [1.165, 1.54) is 56.3 Å². The molecule has 2 nitrogen and oxygen atoms in total. The minimum Gasteiger partial charge on any atom is -1.00 e. The number of hydrogen-bond acceptors (Lipinski definition) is 1. The molecule has 1 aromatic carbocycles. The Morgan fingerprint density at radius 1 is 1.00 bits per heavy atom. The highest BCUT2D eigenvalue weighted by atomic mass is 127. The van der Waals surface area contributed by atoms with Crippen LogP contribution in [0.15, 0.2) is 30.3 Å². The zero-order chi connectivity index (χ0) is 14.9. The fraction of sp³-hybridized carbons (Fsp3) is 0.684. The number of hydrogen-bond donors (Lipinski definition) is 0.